The molecule has 2 aromatic rings. The Morgan fingerprint density at radius 1 is 1.40 bits per heavy atom. The van der Waals surface area contributed by atoms with E-state index >= 15 is 0 Å². The van der Waals surface area contributed by atoms with Gasteiger partial charge < -0.3 is 13.9 Å². The van der Waals surface area contributed by atoms with Crippen LogP contribution in [0.4, 0.5) is 0 Å². The van der Waals surface area contributed by atoms with Crippen molar-refractivity contribution in [3.05, 3.63) is 23.5 Å². The highest BCUT2D eigenvalue weighted by molar-refractivity contribution is 7.99. The zero-order valence-electron chi connectivity index (χ0n) is 11.5. The molecule has 0 amide bonds. The number of hydrogen-bond donors (Lipinski definition) is 1. The maximum absolute atomic E-state index is 10.9. The lowest BCUT2D eigenvalue weighted by atomic mass is 10.2. The van der Waals surface area contributed by atoms with Crippen LogP contribution in [0.5, 0.6) is 0 Å². The first-order valence-corrected chi connectivity index (χ1v) is 7.30. The van der Waals surface area contributed by atoms with Crippen molar-refractivity contribution in [3.8, 4) is 11.5 Å². The Balaban J connectivity index is 2.06. The zero-order chi connectivity index (χ0) is 14.7. The summed E-state index contributed by atoms with van der Waals surface area (Å²) in [5.41, 5.74) is 0.775. The summed E-state index contributed by atoms with van der Waals surface area (Å²) >= 11 is 1.28. The third kappa shape index (κ3) is 3.22. The minimum Gasteiger partial charge on any atom is -0.480 e. The SMILES string of the molecule is CCC(SCc1nnc(-c2cc(C)oc2C)o1)C(=O)O. The van der Waals surface area contributed by atoms with E-state index in [9.17, 15) is 4.79 Å². The molecule has 2 aromatic heterocycles. The summed E-state index contributed by atoms with van der Waals surface area (Å²) in [6.07, 6.45) is 0.557. The van der Waals surface area contributed by atoms with Gasteiger partial charge in [0.05, 0.1) is 11.3 Å². The third-order valence-electron chi connectivity index (χ3n) is 2.79. The van der Waals surface area contributed by atoms with Gasteiger partial charge in [0.1, 0.15) is 16.8 Å². The van der Waals surface area contributed by atoms with Gasteiger partial charge in [-0.25, -0.2) is 0 Å². The minimum absolute atomic E-state index is 0.383. The molecule has 0 radical (unpaired) electrons. The number of carboxylic acids is 1. The lowest BCUT2D eigenvalue weighted by Gasteiger charge is -2.06. The van der Waals surface area contributed by atoms with E-state index in [2.05, 4.69) is 10.2 Å². The van der Waals surface area contributed by atoms with Gasteiger partial charge in [-0.1, -0.05) is 6.92 Å². The Morgan fingerprint density at radius 3 is 2.70 bits per heavy atom. The summed E-state index contributed by atoms with van der Waals surface area (Å²) in [6, 6.07) is 1.84. The Labute approximate surface area is 120 Å². The summed E-state index contributed by atoms with van der Waals surface area (Å²) in [5, 5.41) is 16.4. The molecule has 0 aromatic carbocycles. The van der Waals surface area contributed by atoms with Gasteiger partial charge in [-0.3, -0.25) is 4.79 Å². The lowest BCUT2D eigenvalue weighted by Crippen LogP contribution is -2.15. The van der Waals surface area contributed by atoms with E-state index in [-0.39, 0.29) is 0 Å². The van der Waals surface area contributed by atoms with Crippen LogP contribution in [0, 0.1) is 13.8 Å². The smallest absolute Gasteiger partial charge is 0.316 e. The topological polar surface area (TPSA) is 89.4 Å². The highest BCUT2D eigenvalue weighted by atomic mass is 32.2. The predicted octanol–water partition coefficient (Wildman–Crippen LogP) is 3.04. The highest BCUT2D eigenvalue weighted by Gasteiger charge is 2.18. The van der Waals surface area contributed by atoms with Crippen LogP contribution in [0.3, 0.4) is 0 Å². The van der Waals surface area contributed by atoms with Gasteiger partial charge in [0.2, 0.25) is 5.89 Å². The van der Waals surface area contributed by atoms with E-state index in [1.165, 1.54) is 11.8 Å². The first-order chi connectivity index (χ1) is 9.51. The fourth-order valence-corrected chi connectivity index (χ4v) is 2.64. The van der Waals surface area contributed by atoms with Gasteiger partial charge in [-0.15, -0.1) is 22.0 Å². The van der Waals surface area contributed by atoms with Crippen molar-refractivity contribution >= 4 is 17.7 Å². The maximum Gasteiger partial charge on any atom is 0.316 e. The van der Waals surface area contributed by atoms with E-state index in [0.29, 0.717) is 24.0 Å². The van der Waals surface area contributed by atoms with E-state index in [0.717, 1.165) is 17.1 Å². The van der Waals surface area contributed by atoms with Crippen LogP contribution < -0.4 is 0 Å². The molecule has 0 fully saturated rings. The van der Waals surface area contributed by atoms with Crippen LogP contribution in [-0.4, -0.2) is 26.5 Å². The number of aromatic nitrogens is 2. The van der Waals surface area contributed by atoms with Crippen molar-refractivity contribution in [1.29, 1.82) is 0 Å². The van der Waals surface area contributed by atoms with Gasteiger partial charge in [-0.2, -0.15) is 0 Å². The maximum atomic E-state index is 10.9. The fraction of sp³-hybridized carbons (Fsp3) is 0.462. The lowest BCUT2D eigenvalue weighted by molar-refractivity contribution is -0.136. The number of carboxylic acid groups (broad SMARTS) is 1. The van der Waals surface area contributed by atoms with Gasteiger partial charge in [0, 0.05) is 0 Å². The van der Waals surface area contributed by atoms with Crippen LogP contribution in [0.25, 0.3) is 11.5 Å². The molecule has 0 bridgehead atoms. The van der Waals surface area contributed by atoms with Crippen LogP contribution in [0.1, 0.15) is 30.8 Å². The normalized spacial score (nSPS) is 12.6. The molecular formula is C13H16N2O4S. The summed E-state index contributed by atoms with van der Waals surface area (Å²) < 4.78 is 11.0. The summed E-state index contributed by atoms with van der Waals surface area (Å²) in [5.74, 6) is 1.89. The standard InChI is InChI=1S/C13H16N2O4S/c1-4-10(13(16)17)20-6-11-14-15-12(19-11)9-5-7(2)18-8(9)3/h5,10H,4,6H2,1-3H3,(H,16,17). The van der Waals surface area contributed by atoms with E-state index < -0.39 is 11.2 Å². The number of nitrogens with zero attached hydrogens (tertiary/aromatic N) is 2. The first kappa shape index (κ1) is 14.6. The third-order valence-corrected chi connectivity index (χ3v) is 4.14. The molecule has 2 rings (SSSR count). The van der Waals surface area contributed by atoms with Crippen molar-refractivity contribution in [3.63, 3.8) is 0 Å². The molecule has 6 nitrogen and oxygen atoms in total. The quantitative estimate of drug-likeness (QED) is 0.876. The number of thioether (sulfide) groups is 1. The highest BCUT2D eigenvalue weighted by Crippen LogP contribution is 2.27. The van der Waals surface area contributed by atoms with Crippen LogP contribution >= 0.6 is 11.8 Å². The number of aryl methyl sites for hydroxylation is 2. The Bertz CT molecular complexity index is 605. The predicted molar refractivity (Wildman–Crippen MR) is 74.5 cm³/mol. The largest absolute Gasteiger partial charge is 0.480 e. The number of aliphatic carboxylic acids is 1. The first-order valence-electron chi connectivity index (χ1n) is 6.25. The minimum atomic E-state index is -0.821. The molecule has 108 valence electrons. The van der Waals surface area contributed by atoms with Crippen molar-refractivity contribution in [2.75, 3.05) is 0 Å². The number of carbonyl (C=O) groups is 1. The molecule has 0 saturated heterocycles. The van der Waals surface area contributed by atoms with Crippen LogP contribution in [0.2, 0.25) is 0 Å². The average molecular weight is 296 g/mol. The molecule has 0 saturated carbocycles. The summed E-state index contributed by atoms with van der Waals surface area (Å²) in [7, 11) is 0. The molecule has 1 N–H and O–H groups in total. The average Bonchev–Trinajstić information content (AvgIpc) is 2.96. The van der Waals surface area contributed by atoms with Gasteiger partial charge in [0.25, 0.3) is 5.89 Å². The van der Waals surface area contributed by atoms with Crippen molar-refractivity contribution in [2.24, 2.45) is 0 Å². The zero-order valence-corrected chi connectivity index (χ0v) is 12.4. The molecule has 0 aliphatic heterocycles. The number of furan rings is 1. The number of rotatable bonds is 6. The summed E-state index contributed by atoms with van der Waals surface area (Å²) in [4.78, 5) is 10.9. The van der Waals surface area contributed by atoms with Gasteiger partial charge >= 0.3 is 5.97 Å². The van der Waals surface area contributed by atoms with E-state index in [1.807, 2.05) is 26.8 Å². The molecule has 20 heavy (non-hydrogen) atoms. The second-order valence-corrected chi connectivity index (χ2v) is 5.57. The van der Waals surface area contributed by atoms with Crippen LogP contribution in [-0.2, 0) is 10.5 Å². The Kier molecular flexibility index (Phi) is 4.49. The second kappa shape index (κ2) is 6.13. The van der Waals surface area contributed by atoms with Gasteiger partial charge in [-0.05, 0) is 26.3 Å². The molecule has 1 atom stereocenters. The Morgan fingerprint density at radius 2 is 2.15 bits per heavy atom. The molecule has 0 aliphatic carbocycles. The fourth-order valence-electron chi connectivity index (χ4n) is 1.80. The van der Waals surface area contributed by atoms with Crippen LogP contribution in [0.15, 0.2) is 14.9 Å². The number of hydrogen-bond acceptors (Lipinski definition) is 6. The van der Waals surface area contributed by atoms with Crippen molar-refractivity contribution < 1.29 is 18.7 Å². The second-order valence-electron chi connectivity index (χ2n) is 4.37. The van der Waals surface area contributed by atoms with Crippen molar-refractivity contribution in [2.45, 2.75) is 38.2 Å². The Hall–Kier alpha value is -1.76. The molecule has 2 heterocycles. The molecule has 7 heteroatoms. The monoisotopic (exact) mass is 296 g/mol. The van der Waals surface area contributed by atoms with Gasteiger partial charge in [0.15, 0.2) is 0 Å². The van der Waals surface area contributed by atoms with Crippen molar-refractivity contribution in [1.82, 2.24) is 10.2 Å². The van der Waals surface area contributed by atoms with E-state index in [4.69, 9.17) is 13.9 Å². The molecule has 0 spiro atoms. The molecule has 0 aliphatic rings. The molecular weight excluding hydrogens is 280 g/mol. The molecule has 1 unspecified atom stereocenters. The summed E-state index contributed by atoms with van der Waals surface area (Å²) in [6.45, 7) is 5.52. The van der Waals surface area contributed by atoms with E-state index in [1.54, 1.807) is 0 Å².